The van der Waals surface area contributed by atoms with Crippen LogP contribution in [0.3, 0.4) is 0 Å². The number of benzene rings is 3. The van der Waals surface area contributed by atoms with Gasteiger partial charge in [-0.15, -0.1) is 0 Å². The Bertz CT molecular complexity index is 1170. The van der Waals surface area contributed by atoms with Gasteiger partial charge in [0.1, 0.15) is 24.1 Å². The average molecular weight is 471 g/mol. The molecular formula is C29H30N2O4. The first-order chi connectivity index (χ1) is 17.3. The third-order valence-corrected chi connectivity index (χ3v) is 6.31. The van der Waals surface area contributed by atoms with Crippen LogP contribution in [0, 0.1) is 0 Å². The minimum Gasteiger partial charge on any atom is -0.382 e. The lowest BCUT2D eigenvalue weighted by Crippen LogP contribution is -2.49. The van der Waals surface area contributed by atoms with E-state index >= 15 is 0 Å². The number of rotatable bonds is 10. The molecule has 0 saturated carbocycles. The Balaban J connectivity index is 1.38. The van der Waals surface area contributed by atoms with Crippen molar-refractivity contribution in [3.8, 4) is 0 Å². The minimum atomic E-state index is -0.917. The Morgan fingerprint density at radius 3 is 1.77 bits per heavy atom. The summed E-state index contributed by atoms with van der Waals surface area (Å²) in [6.45, 7) is 1.66. The Kier molecular flexibility index (Phi) is 7.66. The molecule has 0 bridgehead atoms. The first-order valence-corrected chi connectivity index (χ1v) is 11.9. The van der Waals surface area contributed by atoms with Crippen LogP contribution in [0.2, 0.25) is 0 Å². The molecule has 180 valence electrons. The van der Waals surface area contributed by atoms with Crippen molar-refractivity contribution in [2.75, 3.05) is 6.61 Å². The van der Waals surface area contributed by atoms with Crippen molar-refractivity contribution in [3.05, 3.63) is 126 Å². The fourth-order valence-electron chi connectivity index (χ4n) is 4.51. The number of fused-ring (bicyclic) bond motifs is 1. The van der Waals surface area contributed by atoms with Gasteiger partial charge in [0, 0.05) is 12.4 Å². The van der Waals surface area contributed by atoms with Gasteiger partial charge in [0.2, 0.25) is 0 Å². The average Bonchev–Trinajstić information content (AvgIpc) is 3.40. The number of nitrogens with zero attached hydrogens (tertiary/aromatic N) is 2. The normalized spacial score (nSPS) is 21.5. The molecule has 0 aliphatic carbocycles. The predicted octanol–water partition coefficient (Wildman–Crippen LogP) is 4.86. The van der Waals surface area contributed by atoms with E-state index in [0.29, 0.717) is 32.3 Å². The molecular weight excluding hydrogens is 440 g/mol. The second-order valence-corrected chi connectivity index (χ2v) is 8.73. The first kappa shape index (κ1) is 23.5. The summed E-state index contributed by atoms with van der Waals surface area (Å²) in [4.78, 5) is 4.43. The third-order valence-electron chi connectivity index (χ3n) is 6.31. The summed E-state index contributed by atoms with van der Waals surface area (Å²) >= 11 is 0. The Morgan fingerprint density at radius 2 is 1.20 bits per heavy atom. The highest BCUT2D eigenvalue weighted by Gasteiger charge is 2.44. The predicted molar refractivity (Wildman–Crippen MR) is 132 cm³/mol. The molecule has 0 radical (unpaired) electrons. The quantitative estimate of drug-likeness (QED) is 0.359. The lowest BCUT2D eigenvalue weighted by molar-refractivity contribution is -0.172. The second kappa shape index (κ2) is 11.4. The number of hydrogen-bond donors (Lipinski definition) is 1. The standard InChI is InChI=1S/C29H30N2O4/c32-26-28(35-20-24-14-8-3-9-15-24)27(34-19-23-12-6-2-7-13-23)25(31-17-16-30-29(26)31)21-33-18-22-10-4-1-5-11-22/h1-17,25-28,32H,18-21H2/t25-,26+,27-,28-/m1/s1. The zero-order valence-electron chi connectivity index (χ0n) is 19.5. The van der Waals surface area contributed by atoms with Crippen LogP contribution < -0.4 is 0 Å². The Morgan fingerprint density at radius 1 is 0.686 bits per heavy atom. The minimum absolute atomic E-state index is 0.205. The molecule has 0 spiro atoms. The van der Waals surface area contributed by atoms with Gasteiger partial charge in [0.05, 0.1) is 32.5 Å². The van der Waals surface area contributed by atoms with E-state index < -0.39 is 18.3 Å². The van der Waals surface area contributed by atoms with E-state index in [0.717, 1.165) is 16.7 Å². The van der Waals surface area contributed by atoms with Gasteiger partial charge in [-0.1, -0.05) is 91.0 Å². The highest BCUT2D eigenvalue weighted by atomic mass is 16.6. The van der Waals surface area contributed by atoms with Gasteiger partial charge in [0.25, 0.3) is 0 Å². The molecule has 0 fully saturated rings. The molecule has 4 atom stereocenters. The number of aliphatic hydroxyl groups is 1. The molecule has 0 saturated heterocycles. The lowest BCUT2D eigenvalue weighted by Gasteiger charge is -2.41. The molecule has 0 unspecified atom stereocenters. The molecule has 4 aromatic rings. The van der Waals surface area contributed by atoms with Crippen LogP contribution in [0.4, 0.5) is 0 Å². The second-order valence-electron chi connectivity index (χ2n) is 8.73. The van der Waals surface area contributed by atoms with E-state index in [-0.39, 0.29) is 6.04 Å². The van der Waals surface area contributed by atoms with Crippen LogP contribution in [-0.4, -0.2) is 33.5 Å². The summed E-state index contributed by atoms with van der Waals surface area (Å²) in [5.74, 6) is 0.566. The zero-order valence-corrected chi connectivity index (χ0v) is 19.5. The fraction of sp³-hybridized carbons (Fsp3) is 0.276. The summed E-state index contributed by atoms with van der Waals surface area (Å²) in [7, 11) is 0. The first-order valence-electron chi connectivity index (χ1n) is 11.9. The van der Waals surface area contributed by atoms with Crippen LogP contribution in [0.1, 0.15) is 34.7 Å². The summed E-state index contributed by atoms with van der Waals surface area (Å²) < 4.78 is 20.9. The zero-order chi connectivity index (χ0) is 23.9. The van der Waals surface area contributed by atoms with E-state index in [1.54, 1.807) is 6.20 Å². The summed E-state index contributed by atoms with van der Waals surface area (Å²) in [6, 6.07) is 29.9. The molecule has 0 amide bonds. The van der Waals surface area contributed by atoms with Crippen molar-refractivity contribution in [3.63, 3.8) is 0 Å². The van der Waals surface area contributed by atoms with Crippen molar-refractivity contribution in [1.82, 2.24) is 9.55 Å². The van der Waals surface area contributed by atoms with Gasteiger partial charge in [-0.25, -0.2) is 4.98 Å². The fourth-order valence-corrected chi connectivity index (χ4v) is 4.51. The van der Waals surface area contributed by atoms with E-state index in [2.05, 4.69) is 4.98 Å². The third kappa shape index (κ3) is 5.69. The highest BCUT2D eigenvalue weighted by Crippen LogP contribution is 2.36. The largest absolute Gasteiger partial charge is 0.382 e. The molecule has 35 heavy (non-hydrogen) atoms. The molecule has 6 heteroatoms. The number of ether oxygens (including phenoxy) is 3. The monoisotopic (exact) mass is 470 g/mol. The molecule has 6 nitrogen and oxygen atoms in total. The van der Waals surface area contributed by atoms with Crippen molar-refractivity contribution in [2.45, 2.75) is 44.2 Å². The molecule has 1 aliphatic rings. The maximum Gasteiger partial charge on any atom is 0.140 e. The van der Waals surface area contributed by atoms with Gasteiger partial charge in [-0.05, 0) is 16.7 Å². The summed E-state index contributed by atoms with van der Waals surface area (Å²) in [5, 5.41) is 11.2. The van der Waals surface area contributed by atoms with Crippen molar-refractivity contribution >= 4 is 0 Å². The van der Waals surface area contributed by atoms with E-state index in [1.807, 2.05) is 102 Å². The van der Waals surface area contributed by atoms with Gasteiger partial charge in [-0.3, -0.25) is 0 Å². The number of aromatic nitrogens is 2. The molecule has 1 N–H and O–H groups in total. The van der Waals surface area contributed by atoms with Gasteiger partial charge >= 0.3 is 0 Å². The number of imidazole rings is 1. The van der Waals surface area contributed by atoms with Gasteiger partial charge in [-0.2, -0.15) is 0 Å². The van der Waals surface area contributed by atoms with E-state index in [9.17, 15) is 5.11 Å². The molecule has 2 heterocycles. The molecule has 5 rings (SSSR count). The highest BCUT2D eigenvalue weighted by molar-refractivity contribution is 5.16. The molecule has 1 aliphatic heterocycles. The maximum atomic E-state index is 11.2. The topological polar surface area (TPSA) is 65.7 Å². The number of aliphatic hydroxyl groups excluding tert-OH is 1. The number of hydrogen-bond acceptors (Lipinski definition) is 5. The van der Waals surface area contributed by atoms with Crippen LogP contribution in [0.25, 0.3) is 0 Å². The Labute approximate surface area is 205 Å². The van der Waals surface area contributed by atoms with E-state index in [1.165, 1.54) is 0 Å². The van der Waals surface area contributed by atoms with Crippen LogP contribution in [0.15, 0.2) is 103 Å². The van der Waals surface area contributed by atoms with Gasteiger partial charge in [0.15, 0.2) is 0 Å². The van der Waals surface area contributed by atoms with E-state index in [4.69, 9.17) is 14.2 Å². The SMILES string of the molecule is O[C@@H]1c2nccn2[C@H](COCc2ccccc2)[C@@H](OCc2ccccc2)[C@@H]1OCc1ccccc1. The summed E-state index contributed by atoms with van der Waals surface area (Å²) in [6.07, 6.45) is 1.63. The smallest absolute Gasteiger partial charge is 0.140 e. The van der Waals surface area contributed by atoms with Crippen LogP contribution in [-0.2, 0) is 34.0 Å². The van der Waals surface area contributed by atoms with Gasteiger partial charge < -0.3 is 23.9 Å². The Hall–Kier alpha value is -3.29. The van der Waals surface area contributed by atoms with Crippen molar-refractivity contribution in [2.24, 2.45) is 0 Å². The van der Waals surface area contributed by atoms with Crippen molar-refractivity contribution < 1.29 is 19.3 Å². The lowest BCUT2D eigenvalue weighted by atomic mass is 9.95. The molecule has 3 aromatic carbocycles. The van der Waals surface area contributed by atoms with Crippen LogP contribution in [0.5, 0.6) is 0 Å². The summed E-state index contributed by atoms with van der Waals surface area (Å²) in [5.41, 5.74) is 3.20. The maximum absolute atomic E-state index is 11.2. The molecule has 1 aromatic heterocycles. The van der Waals surface area contributed by atoms with Crippen LogP contribution >= 0.6 is 0 Å². The van der Waals surface area contributed by atoms with Crippen molar-refractivity contribution in [1.29, 1.82) is 0 Å².